The van der Waals surface area contributed by atoms with Crippen LogP contribution in [-0.4, -0.2) is 24.0 Å². The molecule has 2 atom stereocenters. The van der Waals surface area contributed by atoms with E-state index in [1.54, 1.807) is 17.4 Å². The Morgan fingerprint density at radius 3 is 2.75 bits per heavy atom. The van der Waals surface area contributed by atoms with Gasteiger partial charge in [-0.3, -0.25) is 4.90 Å². The third-order valence-electron chi connectivity index (χ3n) is 3.93. The van der Waals surface area contributed by atoms with E-state index in [0.717, 1.165) is 24.5 Å². The van der Waals surface area contributed by atoms with Gasteiger partial charge in [-0.15, -0.1) is 11.3 Å². The van der Waals surface area contributed by atoms with Crippen LogP contribution in [0.5, 0.6) is 0 Å². The maximum atomic E-state index is 13.8. The van der Waals surface area contributed by atoms with Crippen molar-refractivity contribution in [2.24, 2.45) is 11.7 Å². The van der Waals surface area contributed by atoms with Crippen LogP contribution in [0.25, 0.3) is 10.4 Å². The van der Waals surface area contributed by atoms with E-state index >= 15 is 0 Å². The van der Waals surface area contributed by atoms with Gasteiger partial charge in [0.1, 0.15) is 5.82 Å². The smallest absolute Gasteiger partial charge is 0.131 e. The third-order valence-corrected chi connectivity index (χ3v) is 5.03. The second-order valence-corrected chi connectivity index (χ2v) is 6.75. The monoisotopic (exact) mass is 290 g/mol. The van der Waals surface area contributed by atoms with Gasteiger partial charge < -0.3 is 5.73 Å². The molecule has 0 aliphatic carbocycles. The Hall–Kier alpha value is -1.23. The summed E-state index contributed by atoms with van der Waals surface area (Å²) in [6.07, 6.45) is 0. The first-order chi connectivity index (χ1) is 9.63. The molecule has 0 amide bonds. The number of nitrogens with two attached hydrogens (primary N) is 1. The Labute approximate surface area is 123 Å². The van der Waals surface area contributed by atoms with Crippen molar-refractivity contribution in [1.29, 1.82) is 0 Å². The molecule has 4 heteroatoms. The summed E-state index contributed by atoms with van der Waals surface area (Å²) in [5.41, 5.74) is 6.74. The number of rotatable bonds is 3. The summed E-state index contributed by atoms with van der Waals surface area (Å²) in [5.74, 6) is 0.402. The lowest BCUT2D eigenvalue weighted by molar-refractivity contribution is 0.322. The van der Waals surface area contributed by atoms with Gasteiger partial charge in [-0.2, -0.15) is 0 Å². The van der Waals surface area contributed by atoms with Gasteiger partial charge in [0, 0.05) is 41.0 Å². The molecule has 1 aliphatic heterocycles. The minimum atomic E-state index is -0.155. The molecule has 0 spiro atoms. The van der Waals surface area contributed by atoms with Crippen LogP contribution in [0.3, 0.4) is 0 Å². The Morgan fingerprint density at radius 1 is 1.25 bits per heavy atom. The number of hydrogen-bond donors (Lipinski definition) is 1. The van der Waals surface area contributed by atoms with Crippen molar-refractivity contribution in [1.82, 2.24) is 4.90 Å². The second-order valence-electron chi connectivity index (χ2n) is 5.58. The highest BCUT2D eigenvalue weighted by molar-refractivity contribution is 7.15. The number of benzene rings is 1. The SMILES string of the molecule is CC1CN(Cc2ccc(-c3ccccc3F)s2)CC1N. The number of halogens is 1. The average Bonchev–Trinajstić information content (AvgIpc) is 2.98. The molecule has 1 saturated heterocycles. The van der Waals surface area contributed by atoms with E-state index in [1.165, 1.54) is 10.9 Å². The van der Waals surface area contributed by atoms with Gasteiger partial charge in [-0.1, -0.05) is 25.1 Å². The summed E-state index contributed by atoms with van der Waals surface area (Å²) in [6, 6.07) is 11.3. The van der Waals surface area contributed by atoms with Crippen LogP contribution in [0, 0.1) is 11.7 Å². The van der Waals surface area contributed by atoms with Crippen molar-refractivity contribution < 1.29 is 4.39 Å². The van der Waals surface area contributed by atoms with Crippen molar-refractivity contribution >= 4 is 11.3 Å². The number of likely N-dealkylation sites (tertiary alicyclic amines) is 1. The molecule has 0 radical (unpaired) electrons. The van der Waals surface area contributed by atoms with E-state index in [-0.39, 0.29) is 11.9 Å². The number of hydrogen-bond acceptors (Lipinski definition) is 3. The standard InChI is InChI=1S/C16H19FN2S/c1-11-8-19(10-15(11)18)9-12-6-7-16(20-12)13-4-2-3-5-14(13)17/h2-7,11,15H,8-10,18H2,1H3. The fraction of sp³-hybridized carbons (Fsp3) is 0.375. The van der Waals surface area contributed by atoms with Gasteiger partial charge in [-0.05, 0) is 24.1 Å². The summed E-state index contributed by atoms with van der Waals surface area (Å²) in [7, 11) is 0. The summed E-state index contributed by atoms with van der Waals surface area (Å²) in [4.78, 5) is 4.64. The summed E-state index contributed by atoms with van der Waals surface area (Å²) in [6.45, 7) is 5.11. The van der Waals surface area contributed by atoms with Gasteiger partial charge in [0.15, 0.2) is 0 Å². The van der Waals surface area contributed by atoms with Crippen LogP contribution in [0.2, 0.25) is 0 Å². The molecule has 0 saturated carbocycles. The first kappa shape index (κ1) is 13.7. The fourth-order valence-corrected chi connectivity index (χ4v) is 3.79. The zero-order valence-corrected chi connectivity index (χ0v) is 12.4. The molecule has 2 N–H and O–H groups in total. The number of thiophene rings is 1. The first-order valence-electron chi connectivity index (χ1n) is 6.95. The molecular formula is C16H19FN2S. The van der Waals surface area contributed by atoms with Crippen molar-refractivity contribution in [3.05, 3.63) is 47.1 Å². The predicted molar refractivity (Wildman–Crippen MR) is 82.1 cm³/mol. The summed E-state index contributed by atoms with van der Waals surface area (Å²) >= 11 is 1.67. The van der Waals surface area contributed by atoms with Crippen molar-refractivity contribution in [3.63, 3.8) is 0 Å². The number of nitrogens with zero attached hydrogens (tertiary/aromatic N) is 1. The van der Waals surface area contributed by atoms with Crippen LogP contribution >= 0.6 is 11.3 Å². The van der Waals surface area contributed by atoms with Crippen LogP contribution in [0.1, 0.15) is 11.8 Å². The van der Waals surface area contributed by atoms with Crippen LogP contribution < -0.4 is 5.73 Å². The van der Waals surface area contributed by atoms with Crippen molar-refractivity contribution in [2.45, 2.75) is 19.5 Å². The third kappa shape index (κ3) is 2.77. The molecule has 3 rings (SSSR count). The van der Waals surface area contributed by atoms with Gasteiger partial charge in [0.25, 0.3) is 0 Å². The van der Waals surface area contributed by atoms with E-state index in [2.05, 4.69) is 17.9 Å². The van der Waals surface area contributed by atoms with E-state index in [0.29, 0.717) is 11.5 Å². The van der Waals surface area contributed by atoms with Crippen molar-refractivity contribution in [3.8, 4) is 10.4 Å². The topological polar surface area (TPSA) is 29.3 Å². The molecule has 0 bridgehead atoms. The Bertz CT molecular complexity index is 586. The Morgan fingerprint density at radius 2 is 2.05 bits per heavy atom. The summed E-state index contributed by atoms with van der Waals surface area (Å²) < 4.78 is 13.8. The molecule has 20 heavy (non-hydrogen) atoms. The molecule has 1 aromatic carbocycles. The van der Waals surface area contributed by atoms with Gasteiger partial charge in [-0.25, -0.2) is 4.39 Å². The lowest BCUT2D eigenvalue weighted by Crippen LogP contribution is -2.28. The highest BCUT2D eigenvalue weighted by Gasteiger charge is 2.26. The van der Waals surface area contributed by atoms with Gasteiger partial charge >= 0.3 is 0 Å². The molecular weight excluding hydrogens is 271 g/mol. The van der Waals surface area contributed by atoms with E-state index in [4.69, 9.17) is 5.73 Å². The van der Waals surface area contributed by atoms with Crippen LogP contribution in [0.4, 0.5) is 4.39 Å². The molecule has 2 nitrogen and oxygen atoms in total. The second kappa shape index (κ2) is 5.64. The lowest BCUT2D eigenvalue weighted by Gasteiger charge is -2.13. The first-order valence-corrected chi connectivity index (χ1v) is 7.76. The van der Waals surface area contributed by atoms with E-state index in [1.807, 2.05) is 18.2 Å². The normalized spacial score (nSPS) is 23.4. The van der Waals surface area contributed by atoms with Gasteiger partial charge in [0.2, 0.25) is 0 Å². The maximum Gasteiger partial charge on any atom is 0.131 e. The fourth-order valence-electron chi connectivity index (χ4n) is 2.71. The van der Waals surface area contributed by atoms with Gasteiger partial charge in [0.05, 0.1) is 0 Å². The largest absolute Gasteiger partial charge is 0.326 e. The predicted octanol–water partition coefficient (Wildman–Crippen LogP) is 3.33. The average molecular weight is 290 g/mol. The van der Waals surface area contributed by atoms with E-state index in [9.17, 15) is 4.39 Å². The van der Waals surface area contributed by atoms with Crippen molar-refractivity contribution in [2.75, 3.05) is 13.1 Å². The van der Waals surface area contributed by atoms with Crippen LogP contribution in [0.15, 0.2) is 36.4 Å². The minimum Gasteiger partial charge on any atom is -0.326 e. The lowest BCUT2D eigenvalue weighted by atomic mass is 10.1. The Balaban J connectivity index is 1.73. The van der Waals surface area contributed by atoms with E-state index < -0.39 is 0 Å². The molecule has 2 unspecified atom stereocenters. The zero-order valence-electron chi connectivity index (χ0n) is 11.6. The zero-order chi connectivity index (χ0) is 14.1. The maximum absolute atomic E-state index is 13.8. The molecule has 2 aromatic rings. The highest BCUT2D eigenvalue weighted by Crippen LogP contribution is 2.31. The Kier molecular flexibility index (Phi) is 3.87. The molecule has 106 valence electrons. The summed E-state index contributed by atoms with van der Waals surface area (Å²) in [5, 5.41) is 0. The minimum absolute atomic E-state index is 0.155. The molecule has 1 aromatic heterocycles. The molecule has 1 fully saturated rings. The highest BCUT2D eigenvalue weighted by atomic mass is 32.1. The molecule has 2 heterocycles. The van der Waals surface area contributed by atoms with Crippen LogP contribution in [-0.2, 0) is 6.54 Å². The quantitative estimate of drug-likeness (QED) is 0.939. The molecule has 1 aliphatic rings.